The van der Waals surface area contributed by atoms with E-state index in [1.165, 1.54) is 49.9 Å². The van der Waals surface area contributed by atoms with Crippen molar-refractivity contribution in [2.45, 2.75) is 105 Å². The maximum absolute atomic E-state index is 12.9. The summed E-state index contributed by atoms with van der Waals surface area (Å²) in [4.78, 5) is 25.5. The van der Waals surface area contributed by atoms with E-state index < -0.39 is 66.3 Å². The topological polar surface area (TPSA) is 221 Å². The van der Waals surface area contributed by atoms with Gasteiger partial charge in [-0.1, -0.05) is 35.3 Å². The molecule has 16 nitrogen and oxygen atoms in total. The van der Waals surface area contributed by atoms with E-state index in [0.717, 1.165) is 57.3 Å². The fourth-order valence-electron chi connectivity index (χ4n) is 6.08. The number of sulfonamides is 4. The van der Waals surface area contributed by atoms with Crippen molar-refractivity contribution in [1.82, 2.24) is 14.8 Å². The number of amides is 2. The van der Waals surface area contributed by atoms with Gasteiger partial charge in [0.2, 0.25) is 0 Å². The summed E-state index contributed by atoms with van der Waals surface area (Å²) in [7, 11) is -15.3. The molecule has 0 spiro atoms. The first-order valence-electron chi connectivity index (χ1n) is 20.6. The summed E-state index contributed by atoms with van der Waals surface area (Å²) in [6, 6.07) is 16.3. The van der Waals surface area contributed by atoms with E-state index in [-0.39, 0.29) is 23.9 Å². The quantitative estimate of drug-likeness (QED) is 0.0797. The van der Waals surface area contributed by atoms with E-state index in [0.29, 0.717) is 5.56 Å². The van der Waals surface area contributed by atoms with Crippen LogP contribution in [-0.4, -0.2) is 137 Å². The highest BCUT2D eigenvalue weighted by atomic mass is 32.3. The van der Waals surface area contributed by atoms with Gasteiger partial charge < -0.3 is 23.7 Å². The highest BCUT2D eigenvalue weighted by Gasteiger charge is 2.55. The van der Waals surface area contributed by atoms with Crippen molar-refractivity contribution < 1.29 is 105 Å². The Morgan fingerprint density at radius 1 is 0.529 bits per heavy atom. The highest BCUT2D eigenvalue weighted by molar-refractivity contribution is 8.13. The van der Waals surface area contributed by atoms with Crippen LogP contribution in [0.1, 0.15) is 90.1 Å². The van der Waals surface area contributed by atoms with Gasteiger partial charge in [0.1, 0.15) is 6.54 Å². The number of nitrogens with one attached hydrogen (secondary N) is 3. The molecule has 32 heteroatoms. The molecule has 0 aliphatic heterocycles. The van der Waals surface area contributed by atoms with Crippen molar-refractivity contribution in [3.05, 3.63) is 74.9 Å². The molecule has 0 aromatic heterocycles. The second kappa shape index (κ2) is 24.7. The Morgan fingerprint density at radius 2 is 0.857 bits per heavy atom. The Bertz CT molecular complexity index is 2300. The van der Waals surface area contributed by atoms with Crippen molar-refractivity contribution in [3.63, 3.8) is 0 Å². The highest BCUT2D eigenvalue weighted by Crippen LogP contribution is 2.36. The van der Waals surface area contributed by atoms with Gasteiger partial charge in [0.15, 0.2) is 20.0 Å². The van der Waals surface area contributed by atoms with Gasteiger partial charge in [0, 0.05) is 28.8 Å². The first kappa shape index (κ1) is 64.2. The van der Waals surface area contributed by atoms with Crippen molar-refractivity contribution in [2.24, 2.45) is 0 Å². The number of unbranched alkanes of at least 4 members (excludes halogenated alkanes) is 3. The average molecular weight is 1110 g/mol. The molecule has 2 amide bonds. The molecule has 0 unspecified atom stereocenters. The van der Waals surface area contributed by atoms with Crippen molar-refractivity contribution in [3.8, 4) is 0 Å². The fourth-order valence-corrected chi connectivity index (χ4v) is 9.70. The van der Waals surface area contributed by atoms with Crippen molar-refractivity contribution in [2.75, 3.05) is 48.3 Å². The standard InChI is InChI=1S/C34H52N4O2.C2HF6NO4S2.C2F6NO4S2/c1-7-27-12-16-29(17-13-27)33(39)35-31-20-22-32(23-21-31)36-34(40)30-18-14-28(15-19-30)26-38(5,6)25-11-9-8-10-24-37(2,3)4;2*3-1(4,5)14(10,11)9-15(12,13)2(6,7)8/h12-19,31-32H,7-11,20-26H2,1-6H3;9H;/q;;-1/p+2. The van der Waals surface area contributed by atoms with Gasteiger partial charge in [0.25, 0.3) is 11.8 Å². The number of hydrogen-bond donors (Lipinski definition) is 3. The number of rotatable bonds is 18. The lowest BCUT2D eigenvalue weighted by atomic mass is 9.90. The molecule has 1 fully saturated rings. The van der Waals surface area contributed by atoms with Crippen LogP contribution >= 0.6 is 0 Å². The minimum atomic E-state index is -6.72. The molecule has 0 saturated heterocycles. The van der Waals surface area contributed by atoms with Gasteiger partial charge in [-0.25, -0.2) is 33.7 Å². The number of benzene rings is 2. The van der Waals surface area contributed by atoms with Crippen LogP contribution in [0.15, 0.2) is 48.5 Å². The van der Waals surface area contributed by atoms with E-state index in [1.54, 1.807) is 0 Å². The van der Waals surface area contributed by atoms with Gasteiger partial charge in [-0.15, -0.1) is 0 Å². The summed E-state index contributed by atoms with van der Waals surface area (Å²) in [5.41, 5.74) is -20.8. The maximum Gasteiger partial charge on any atom is 0.512 e. The molecule has 2 aromatic rings. The lowest BCUT2D eigenvalue weighted by Crippen LogP contribution is -2.45. The van der Waals surface area contributed by atoms with Crippen LogP contribution in [0, 0.1) is 0 Å². The monoisotopic (exact) mass is 1110 g/mol. The molecular weight excluding hydrogens is 1060 g/mol. The number of alkyl halides is 12. The number of carbonyl (C=O) groups excluding carboxylic acids is 2. The lowest BCUT2D eigenvalue weighted by Gasteiger charge is -2.30. The number of carbonyl (C=O) groups is 2. The number of quaternary nitrogens is 2. The van der Waals surface area contributed by atoms with Crippen molar-refractivity contribution >= 4 is 51.9 Å². The Hall–Kier alpha value is -3.82. The average Bonchev–Trinajstić information content (AvgIpc) is 3.17. The van der Waals surface area contributed by atoms with E-state index >= 15 is 0 Å². The zero-order valence-electron chi connectivity index (χ0n) is 38.4. The van der Waals surface area contributed by atoms with Crippen LogP contribution in [0.2, 0.25) is 0 Å². The van der Waals surface area contributed by atoms with E-state index in [1.807, 2.05) is 36.4 Å². The van der Waals surface area contributed by atoms with Crippen LogP contribution in [0.3, 0.4) is 0 Å². The Balaban J connectivity index is 0.000000668. The van der Waals surface area contributed by atoms with E-state index in [4.69, 9.17) is 0 Å². The SMILES string of the molecule is CCc1ccc(C(=O)NC2CCC(NC(=O)c3ccc(C[N+](C)(C)CCCCCC[N+](C)(C)C)cc3)CC2)cc1.O=S(=O)(NS(=O)(=O)C(F)(F)F)C(F)(F)F.O=S(=O)([N-]S(=O)(=O)C(F)(F)F)C(F)(F)F. The molecule has 0 radical (unpaired) electrons. The molecular formula is C38H55F12N6O10S4+. The Morgan fingerprint density at radius 3 is 1.16 bits per heavy atom. The van der Waals surface area contributed by atoms with Gasteiger partial charge in [0.05, 0.1) is 48.3 Å². The molecule has 1 aliphatic carbocycles. The molecule has 404 valence electrons. The normalized spacial score (nSPS) is 16.8. The number of halogens is 12. The maximum atomic E-state index is 12.9. The summed E-state index contributed by atoms with van der Waals surface area (Å²) in [5.74, 6) is -0.00908. The molecule has 2 aromatic carbocycles. The second-order valence-corrected chi connectivity index (χ2v) is 24.4. The zero-order chi connectivity index (χ0) is 54.6. The van der Waals surface area contributed by atoms with Crippen molar-refractivity contribution in [1.29, 1.82) is 0 Å². The third kappa shape index (κ3) is 21.9. The van der Waals surface area contributed by atoms with Crippen LogP contribution in [0.4, 0.5) is 52.7 Å². The molecule has 1 saturated carbocycles. The minimum Gasteiger partial charge on any atom is -0.421 e. The first-order valence-corrected chi connectivity index (χ1v) is 26.4. The predicted molar refractivity (Wildman–Crippen MR) is 232 cm³/mol. The van der Waals surface area contributed by atoms with Crippen LogP contribution in [0.25, 0.3) is 4.13 Å². The number of hydrogen-bond acceptors (Lipinski definition) is 10. The van der Waals surface area contributed by atoms with Gasteiger partial charge in [-0.2, -0.15) is 52.7 Å². The molecule has 0 atom stereocenters. The number of nitrogens with zero attached hydrogens (tertiary/aromatic N) is 3. The van der Waals surface area contributed by atoms with Gasteiger partial charge in [-0.05, 0) is 87.6 Å². The van der Waals surface area contributed by atoms with E-state index in [2.05, 4.69) is 64.9 Å². The first-order chi connectivity index (χ1) is 31.4. The molecule has 3 N–H and O–H groups in total. The number of aryl methyl sites for hydroxylation is 1. The summed E-state index contributed by atoms with van der Waals surface area (Å²) in [6.07, 6.45) is 9.64. The third-order valence-electron chi connectivity index (χ3n) is 9.80. The fraction of sp³-hybridized carbons (Fsp3) is 0.632. The molecule has 70 heavy (non-hydrogen) atoms. The largest absolute Gasteiger partial charge is 0.512 e. The van der Waals surface area contributed by atoms with Gasteiger partial charge in [-0.3, -0.25) is 9.59 Å². The zero-order valence-corrected chi connectivity index (χ0v) is 41.6. The lowest BCUT2D eigenvalue weighted by molar-refractivity contribution is -0.903. The Labute approximate surface area is 398 Å². The summed E-state index contributed by atoms with van der Waals surface area (Å²) < 4.78 is 220. The van der Waals surface area contributed by atoms with E-state index in [9.17, 15) is 95.9 Å². The molecule has 3 rings (SSSR count). The molecule has 1 aliphatic rings. The Kier molecular flexibility index (Phi) is 22.7. The predicted octanol–water partition coefficient (Wildman–Crippen LogP) is 6.90. The molecule has 0 bridgehead atoms. The summed E-state index contributed by atoms with van der Waals surface area (Å²) in [6.45, 7) is 5.49. The second-order valence-electron chi connectivity index (χ2n) is 17.4. The van der Waals surface area contributed by atoms with Gasteiger partial charge >= 0.3 is 42.1 Å². The van der Waals surface area contributed by atoms with Crippen LogP contribution in [-0.2, 0) is 53.1 Å². The molecule has 0 heterocycles. The minimum absolute atomic E-state index is 0.00215. The summed E-state index contributed by atoms with van der Waals surface area (Å²) in [5, 5.41) is 6.39. The van der Waals surface area contributed by atoms with Crippen LogP contribution in [0.5, 0.6) is 0 Å². The third-order valence-corrected chi connectivity index (χ3v) is 15.5. The van der Waals surface area contributed by atoms with Crippen LogP contribution < -0.4 is 14.8 Å². The smallest absolute Gasteiger partial charge is 0.421 e. The summed E-state index contributed by atoms with van der Waals surface area (Å²) >= 11 is 0.